The third-order valence-electron chi connectivity index (χ3n) is 4.41. The summed E-state index contributed by atoms with van der Waals surface area (Å²) in [4.78, 5) is 18.1. The summed E-state index contributed by atoms with van der Waals surface area (Å²) in [5.74, 6) is 0.908. The minimum atomic E-state index is 0.227. The molecule has 1 aliphatic rings. The van der Waals surface area contributed by atoms with E-state index in [2.05, 4.69) is 24.8 Å². The predicted octanol–water partition coefficient (Wildman–Crippen LogP) is 3.85. The molecule has 6 nitrogen and oxygen atoms in total. The van der Waals surface area contributed by atoms with Crippen LogP contribution in [0, 0.1) is 0 Å². The van der Waals surface area contributed by atoms with Crippen LogP contribution in [-0.4, -0.2) is 39.1 Å². The molecular formula is C17H17Cl2N5O. The summed E-state index contributed by atoms with van der Waals surface area (Å²) in [7, 11) is 0. The molecule has 1 fully saturated rings. The van der Waals surface area contributed by atoms with Crippen LogP contribution < -0.4 is 4.90 Å². The van der Waals surface area contributed by atoms with E-state index in [-0.39, 0.29) is 6.10 Å². The van der Waals surface area contributed by atoms with Crippen LogP contribution in [0.3, 0.4) is 0 Å². The van der Waals surface area contributed by atoms with Crippen LogP contribution >= 0.6 is 23.2 Å². The second kappa shape index (κ2) is 7.15. The van der Waals surface area contributed by atoms with Gasteiger partial charge in [0.15, 0.2) is 11.5 Å². The maximum absolute atomic E-state index is 6.05. The number of halogens is 2. The number of fused-ring (bicyclic) bond motifs is 1. The summed E-state index contributed by atoms with van der Waals surface area (Å²) in [6, 6.07) is 5.60. The lowest BCUT2D eigenvalue weighted by Crippen LogP contribution is -2.37. The van der Waals surface area contributed by atoms with Gasteiger partial charge in [-0.25, -0.2) is 15.0 Å². The molecule has 0 saturated carbocycles. The van der Waals surface area contributed by atoms with Gasteiger partial charge in [0, 0.05) is 13.1 Å². The first-order valence-corrected chi connectivity index (χ1v) is 8.91. The Morgan fingerprint density at radius 2 is 1.96 bits per heavy atom. The zero-order valence-electron chi connectivity index (χ0n) is 13.5. The first-order valence-electron chi connectivity index (χ1n) is 8.15. The second-order valence-corrected chi connectivity index (χ2v) is 6.86. The molecule has 1 aliphatic heterocycles. The van der Waals surface area contributed by atoms with Gasteiger partial charge in [0.1, 0.15) is 11.8 Å². The third-order valence-corrected chi connectivity index (χ3v) is 5.15. The number of hydrogen-bond donors (Lipinski definition) is 1. The molecule has 0 radical (unpaired) electrons. The van der Waals surface area contributed by atoms with Gasteiger partial charge in [-0.2, -0.15) is 0 Å². The number of ether oxygens (including phenoxy) is 1. The number of imidazole rings is 1. The number of anilines is 1. The fourth-order valence-corrected chi connectivity index (χ4v) is 3.39. The topological polar surface area (TPSA) is 66.9 Å². The molecular weight excluding hydrogens is 361 g/mol. The molecule has 1 aromatic carbocycles. The van der Waals surface area contributed by atoms with Gasteiger partial charge in [-0.05, 0) is 30.5 Å². The summed E-state index contributed by atoms with van der Waals surface area (Å²) < 4.78 is 6.04. The molecule has 2 aromatic heterocycles. The van der Waals surface area contributed by atoms with Crippen molar-refractivity contribution in [3.05, 3.63) is 46.5 Å². The van der Waals surface area contributed by atoms with Crippen molar-refractivity contribution in [2.45, 2.75) is 25.6 Å². The number of hydrogen-bond acceptors (Lipinski definition) is 5. The van der Waals surface area contributed by atoms with E-state index in [1.54, 1.807) is 18.7 Å². The Balaban J connectivity index is 1.35. The van der Waals surface area contributed by atoms with E-state index < -0.39 is 0 Å². The molecule has 0 atom stereocenters. The summed E-state index contributed by atoms with van der Waals surface area (Å²) in [6.45, 7) is 2.31. The summed E-state index contributed by atoms with van der Waals surface area (Å²) in [6.07, 6.45) is 5.33. The van der Waals surface area contributed by atoms with Crippen molar-refractivity contribution in [3.8, 4) is 0 Å². The summed E-state index contributed by atoms with van der Waals surface area (Å²) >= 11 is 12.0. The molecule has 8 heteroatoms. The Hall–Kier alpha value is -1.89. The fraction of sp³-hybridized carbons (Fsp3) is 0.353. The van der Waals surface area contributed by atoms with Gasteiger partial charge in [0.05, 0.1) is 29.1 Å². The van der Waals surface area contributed by atoms with E-state index in [4.69, 9.17) is 27.9 Å². The number of aromatic nitrogens is 4. The quantitative estimate of drug-likeness (QED) is 0.747. The Kier molecular flexibility index (Phi) is 4.74. The lowest BCUT2D eigenvalue weighted by Gasteiger charge is -2.32. The number of nitrogens with zero attached hydrogens (tertiary/aromatic N) is 4. The van der Waals surface area contributed by atoms with Crippen molar-refractivity contribution < 1.29 is 4.74 Å². The number of H-pyrrole nitrogens is 1. The van der Waals surface area contributed by atoms with Crippen LogP contribution in [0.15, 0.2) is 30.9 Å². The Morgan fingerprint density at radius 1 is 1.12 bits per heavy atom. The smallest absolute Gasteiger partial charge is 0.182 e. The number of nitrogens with one attached hydrogen (secondary N) is 1. The predicted molar refractivity (Wildman–Crippen MR) is 98.2 cm³/mol. The Labute approximate surface area is 155 Å². The highest BCUT2D eigenvalue weighted by Crippen LogP contribution is 2.26. The summed E-state index contributed by atoms with van der Waals surface area (Å²) in [5.41, 5.74) is 2.62. The SMILES string of the molecule is Clc1ccc(COC2CCN(c3ncnc4nc[nH]c34)CC2)cc1Cl. The van der Waals surface area contributed by atoms with Gasteiger partial charge >= 0.3 is 0 Å². The van der Waals surface area contributed by atoms with E-state index in [1.165, 1.54) is 0 Å². The molecule has 1 saturated heterocycles. The number of aromatic amines is 1. The van der Waals surface area contributed by atoms with Crippen molar-refractivity contribution in [2.24, 2.45) is 0 Å². The maximum atomic E-state index is 6.05. The van der Waals surface area contributed by atoms with Gasteiger partial charge in [0.2, 0.25) is 0 Å². The monoisotopic (exact) mass is 377 g/mol. The van der Waals surface area contributed by atoms with E-state index in [0.29, 0.717) is 22.3 Å². The normalized spacial score (nSPS) is 15.8. The van der Waals surface area contributed by atoms with Crippen molar-refractivity contribution in [1.29, 1.82) is 0 Å². The van der Waals surface area contributed by atoms with Crippen molar-refractivity contribution in [2.75, 3.05) is 18.0 Å². The molecule has 0 spiro atoms. The first kappa shape index (κ1) is 16.6. The van der Waals surface area contributed by atoms with Crippen molar-refractivity contribution >= 4 is 40.2 Å². The number of piperidine rings is 1. The summed E-state index contributed by atoms with van der Waals surface area (Å²) in [5, 5.41) is 1.12. The van der Waals surface area contributed by atoms with Crippen LogP contribution in [0.1, 0.15) is 18.4 Å². The molecule has 0 unspecified atom stereocenters. The zero-order valence-corrected chi connectivity index (χ0v) is 15.0. The molecule has 4 rings (SSSR count). The first-order chi connectivity index (χ1) is 12.2. The Bertz CT molecular complexity index is 876. The number of benzene rings is 1. The van der Waals surface area contributed by atoms with Gasteiger partial charge in [-0.3, -0.25) is 0 Å². The average molecular weight is 378 g/mol. The van der Waals surface area contributed by atoms with Crippen LogP contribution in [-0.2, 0) is 11.3 Å². The highest BCUT2D eigenvalue weighted by Gasteiger charge is 2.22. The van der Waals surface area contributed by atoms with Crippen molar-refractivity contribution in [3.63, 3.8) is 0 Å². The van der Waals surface area contributed by atoms with Gasteiger partial charge in [-0.15, -0.1) is 0 Å². The van der Waals surface area contributed by atoms with Crippen LogP contribution in [0.25, 0.3) is 11.2 Å². The molecule has 0 amide bonds. The number of rotatable bonds is 4. The molecule has 1 N–H and O–H groups in total. The third kappa shape index (κ3) is 3.56. The molecule has 130 valence electrons. The van der Waals surface area contributed by atoms with E-state index in [1.807, 2.05) is 12.1 Å². The molecule has 0 bridgehead atoms. The standard InChI is InChI=1S/C17H17Cl2N5O/c18-13-2-1-11(7-14(13)19)8-25-12-3-5-24(6-4-12)17-15-16(21-9-20-15)22-10-23-17/h1-2,7,9-10,12H,3-6,8H2,(H,20,21,22,23). The fourth-order valence-electron chi connectivity index (χ4n) is 3.07. The molecule has 25 heavy (non-hydrogen) atoms. The molecule has 3 aromatic rings. The van der Waals surface area contributed by atoms with Gasteiger partial charge in [0.25, 0.3) is 0 Å². The second-order valence-electron chi connectivity index (χ2n) is 6.04. The van der Waals surface area contributed by atoms with Crippen molar-refractivity contribution in [1.82, 2.24) is 19.9 Å². The van der Waals surface area contributed by atoms with E-state index in [0.717, 1.165) is 42.8 Å². The lowest BCUT2D eigenvalue weighted by atomic mass is 10.1. The molecule has 0 aliphatic carbocycles. The van der Waals surface area contributed by atoms with Gasteiger partial charge < -0.3 is 14.6 Å². The lowest BCUT2D eigenvalue weighted by molar-refractivity contribution is 0.0251. The highest BCUT2D eigenvalue weighted by atomic mass is 35.5. The van der Waals surface area contributed by atoms with E-state index >= 15 is 0 Å². The Morgan fingerprint density at radius 3 is 2.76 bits per heavy atom. The van der Waals surface area contributed by atoms with Gasteiger partial charge in [-0.1, -0.05) is 29.3 Å². The average Bonchev–Trinajstić information content (AvgIpc) is 3.12. The highest BCUT2D eigenvalue weighted by molar-refractivity contribution is 6.42. The minimum Gasteiger partial charge on any atom is -0.373 e. The largest absolute Gasteiger partial charge is 0.373 e. The minimum absolute atomic E-state index is 0.227. The zero-order chi connectivity index (χ0) is 17.2. The van der Waals surface area contributed by atoms with Crippen LogP contribution in [0.5, 0.6) is 0 Å². The molecule has 3 heterocycles. The van der Waals surface area contributed by atoms with E-state index in [9.17, 15) is 0 Å². The van der Waals surface area contributed by atoms with Crippen LogP contribution in [0.4, 0.5) is 5.82 Å². The maximum Gasteiger partial charge on any atom is 0.182 e. The van der Waals surface area contributed by atoms with Crippen LogP contribution in [0.2, 0.25) is 10.0 Å².